The molecule has 0 spiro atoms. The first kappa shape index (κ1) is 16.3. The molecule has 0 radical (unpaired) electrons. The predicted molar refractivity (Wildman–Crippen MR) is 78.1 cm³/mol. The van der Waals surface area contributed by atoms with Crippen molar-refractivity contribution in [2.24, 2.45) is 11.8 Å². The van der Waals surface area contributed by atoms with E-state index in [1.807, 2.05) is 6.92 Å². The third-order valence-electron chi connectivity index (χ3n) is 4.11. The highest BCUT2D eigenvalue weighted by Gasteiger charge is 2.21. The minimum atomic E-state index is -0.0521. The molecule has 0 heterocycles. The summed E-state index contributed by atoms with van der Waals surface area (Å²) in [6.07, 6.45) is 8.07. The Balaban J connectivity index is 2.13. The Labute approximate surface area is 117 Å². The van der Waals surface area contributed by atoms with Gasteiger partial charge >= 0.3 is 6.03 Å². The topological polar surface area (TPSA) is 61.4 Å². The van der Waals surface area contributed by atoms with Crippen LogP contribution >= 0.6 is 0 Å². The number of hydrogen-bond donors (Lipinski definition) is 3. The molecule has 0 bridgehead atoms. The third kappa shape index (κ3) is 6.81. The largest absolute Gasteiger partial charge is 0.396 e. The van der Waals surface area contributed by atoms with Crippen LogP contribution in [0.4, 0.5) is 4.79 Å². The second-order valence-corrected chi connectivity index (χ2v) is 5.98. The van der Waals surface area contributed by atoms with E-state index in [-0.39, 0.29) is 12.6 Å². The zero-order valence-corrected chi connectivity index (χ0v) is 12.5. The van der Waals surface area contributed by atoms with Gasteiger partial charge in [0.1, 0.15) is 0 Å². The molecule has 0 aromatic heterocycles. The fourth-order valence-corrected chi connectivity index (χ4v) is 2.83. The monoisotopic (exact) mass is 270 g/mol. The lowest BCUT2D eigenvalue weighted by atomic mass is 9.83. The summed E-state index contributed by atoms with van der Waals surface area (Å²) in [4.78, 5) is 11.7. The molecular weight excluding hydrogens is 240 g/mol. The summed E-state index contributed by atoms with van der Waals surface area (Å²) < 4.78 is 0. The summed E-state index contributed by atoms with van der Waals surface area (Å²) in [5.41, 5.74) is 0. The van der Waals surface area contributed by atoms with Gasteiger partial charge in [-0.3, -0.25) is 0 Å². The van der Waals surface area contributed by atoms with Crippen LogP contribution in [0.1, 0.15) is 58.8 Å². The van der Waals surface area contributed by atoms with Crippen LogP contribution in [0.15, 0.2) is 0 Å². The molecular formula is C15H30N2O2. The molecule has 112 valence electrons. The molecule has 2 amide bonds. The number of aliphatic hydroxyl groups excluding tert-OH is 1. The number of amides is 2. The van der Waals surface area contributed by atoms with Gasteiger partial charge in [0.15, 0.2) is 0 Å². The van der Waals surface area contributed by atoms with E-state index in [4.69, 9.17) is 5.11 Å². The van der Waals surface area contributed by atoms with E-state index in [0.29, 0.717) is 18.5 Å². The summed E-state index contributed by atoms with van der Waals surface area (Å²) in [6, 6.07) is 0.296. The van der Waals surface area contributed by atoms with Crippen molar-refractivity contribution in [3.05, 3.63) is 0 Å². The number of rotatable bonds is 7. The minimum absolute atomic E-state index is 0.0521. The van der Waals surface area contributed by atoms with Crippen molar-refractivity contribution < 1.29 is 9.90 Å². The lowest BCUT2D eigenvalue weighted by Crippen LogP contribution is -2.44. The third-order valence-corrected chi connectivity index (χ3v) is 4.11. The van der Waals surface area contributed by atoms with Crippen LogP contribution in [0, 0.1) is 11.8 Å². The molecule has 1 atom stereocenters. The molecule has 1 aliphatic rings. The second kappa shape index (κ2) is 9.18. The zero-order valence-electron chi connectivity index (χ0n) is 12.5. The van der Waals surface area contributed by atoms with Crippen LogP contribution in [0.3, 0.4) is 0 Å². The number of aliphatic hydroxyl groups is 1. The molecule has 0 saturated heterocycles. The van der Waals surface area contributed by atoms with Gasteiger partial charge < -0.3 is 15.7 Å². The maximum absolute atomic E-state index is 11.7. The van der Waals surface area contributed by atoms with Gasteiger partial charge in [-0.1, -0.05) is 26.7 Å². The SMILES string of the molecule is CCCC1CCC(NC(=O)NCC(C)CCO)CC1. The molecule has 0 aromatic carbocycles. The minimum Gasteiger partial charge on any atom is -0.396 e. The number of hydrogen-bond acceptors (Lipinski definition) is 2. The molecule has 3 N–H and O–H groups in total. The first-order valence-electron chi connectivity index (χ1n) is 7.80. The van der Waals surface area contributed by atoms with Gasteiger partial charge in [-0.25, -0.2) is 4.79 Å². The molecule has 19 heavy (non-hydrogen) atoms. The molecule has 0 aromatic rings. The summed E-state index contributed by atoms with van der Waals surface area (Å²) in [6.45, 7) is 5.10. The maximum Gasteiger partial charge on any atom is 0.315 e. The number of carbonyl (C=O) groups is 1. The fraction of sp³-hybridized carbons (Fsp3) is 0.933. The maximum atomic E-state index is 11.7. The molecule has 1 unspecified atom stereocenters. The Bertz CT molecular complexity index is 251. The van der Waals surface area contributed by atoms with Crippen LogP contribution in [0.25, 0.3) is 0 Å². The predicted octanol–water partition coefficient (Wildman–Crippen LogP) is 2.66. The molecule has 4 heteroatoms. The van der Waals surface area contributed by atoms with Gasteiger partial charge in [-0.05, 0) is 43.9 Å². The van der Waals surface area contributed by atoms with Gasteiger partial charge in [0, 0.05) is 19.2 Å². The van der Waals surface area contributed by atoms with Crippen LogP contribution in [0.2, 0.25) is 0 Å². The average molecular weight is 270 g/mol. The normalized spacial score (nSPS) is 24.8. The van der Waals surface area contributed by atoms with E-state index in [2.05, 4.69) is 17.6 Å². The zero-order chi connectivity index (χ0) is 14.1. The smallest absolute Gasteiger partial charge is 0.315 e. The summed E-state index contributed by atoms with van der Waals surface area (Å²) in [7, 11) is 0. The van der Waals surface area contributed by atoms with Gasteiger partial charge in [-0.2, -0.15) is 0 Å². The highest BCUT2D eigenvalue weighted by atomic mass is 16.3. The van der Waals surface area contributed by atoms with Crippen molar-refractivity contribution in [2.75, 3.05) is 13.2 Å². The Morgan fingerprint density at radius 2 is 2.00 bits per heavy atom. The van der Waals surface area contributed by atoms with Gasteiger partial charge in [0.05, 0.1) is 0 Å². The van der Waals surface area contributed by atoms with Crippen molar-refractivity contribution >= 4 is 6.03 Å². The quantitative estimate of drug-likeness (QED) is 0.666. The van der Waals surface area contributed by atoms with E-state index in [9.17, 15) is 4.79 Å². The highest BCUT2D eigenvalue weighted by molar-refractivity contribution is 5.74. The first-order chi connectivity index (χ1) is 9.15. The Hall–Kier alpha value is -0.770. The summed E-state index contributed by atoms with van der Waals surface area (Å²) in [5.74, 6) is 1.20. The Morgan fingerprint density at radius 3 is 2.58 bits per heavy atom. The number of nitrogens with one attached hydrogen (secondary N) is 2. The van der Waals surface area contributed by atoms with Crippen molar-refractivity contribution in [3.8, 4) is 0 Å². The van der Waals surface area contributed by atoms with E-state index in [1.54, 1.807) is 0 Å². The van der Waals surface area contributed by atoms with Crippen molar-refractivity contribution in [2.45, 2.75) is 64.8 Å². The molecule has 1 rings (SSSR count). The molecule has 1 aliphatic carbocycles. The average Bonchev–Trinajstić information content (AvgIpc) is 2.39. The fourth-order valence-electron chi connectivity index (χ4n) is 2.83. The van der Waals surface area contributed by atoms with Crippen LogP contribution in [-0.4, -0.2) is 30.3 Å². The van der Waals surface area contributed by atoms with Crippen molar-refractivity contribution in [1.29, 1.82) is 0 Å². The summed E-state index contributed by atoms with van der Waals surface area (Å²) in [5, 5.41) is 14.8. The van der Waals surface area contributed by atoms with Gasteiger partial charge in [0.25, 0.3) is 0 Å². The van der Waals surface area contributed by atoms with Crippen LogP contribution < -0.4 is 10.6 Å². The lowest BCUT2D eigenvalue weighted by molar-refractivity contribution is 0.220. The van der Waals surface area contributed by atoms with Gasteiger partial charge in [0.2, 0.25) is 0 Å². The highest BCUT2D eigenvalue weighted by Crippen LogP contribution is 2.27. The van der Waals surface area contributed by atoms with Crippen LogP contribution in [0.5, 0.6) is 0 Å². The molecule has 4 nitrogen and oxygen atoms in total. The van der Waals surface area contributed by atoms with Crippen LogP contribution in [-0.2, 0) is 0 Å². The molecule has 1 saturated carbocycles. The summed E-state index contributed by atoms with van der Waals surface area (Å²) >= 11 is 0. The van der Waals surface area contributed by atoms with E-state index in [0.717, 1.165) is 25.2 Å². The Kier molecular flexibility index (Phi) is 7.87. The van der Waals surface area contributed by atoms with Gasteiger partial charge in [-0.15, -0.1) is 0 Å². The molecule has 0 aliphatic heterocycles. The first-order valence-corrected chi connectivity index (χ1v) is 7.80. The van der Waals surface area contributed by atoms with Crippen molar-refractivity contribution in [3.63, 3.8) is 0 Å². The Morgan fingerprint density at radius 1 is 1.32 bits per heavy atom. The standard InChI is InChI=1S/C15H30N2O2/c1-3-4-13-5-7-14(8-6-13)17-15(19)16-11-12(2)9-10-18/h12-14,18H,3-11H2,1-2H3,(H2,16,17,19). The lowest BCUT2D eigenvalue weighted by Gasteiger charge is -2.29. The number of urea groups is 1. The second-order valence-electron chi connectivity index (χ2n) is 5.98. The molecule has 1 fully saturated rings. The van der Waals surface area contributed by atoms with E-state index >= 15 is 0 Å². The van der Waals surface area contributed by atoms with Crippen molar-refractivity contribution in [1.82, 2.24) is 10.6 Å². The number of carbonyl (C=O) groups excluding carboxylic acids is 1. The van der Waals surface area contributed by atoms with E-state index in [1.165, 1.54) is 25.7 Å². The van der Waals surface area contributed by atoms with E-state index < -0.39 is 0 Å².